The van der Waals surface area contributed by atoms with Gasteiger partial charge >= 0.3 is 0 Å². The van der Waals surface area contributed by atoms with E-state index in [-0.39, 0.29) is 16.3 Å². The van der Waals surface area contributed by atoms with E-state index in [1.165, 1.54) is 24.3 Å². The van der Waals surface area contributed by atoms with Crippen LogP contribution in [0.25, 0.3) is 6.08 Å². The third-order valence-corrected chi connectivity index (χ3v) is 2.40. The lowest BCUT2D eigenvalue weighted by molar-refractivity contribution is -0.110. The summed E-state index contributed by atoms with van der Waals surface area (Å²) in [7, 11) is 0. The zero-order chi connectivity index (χ0) is 10.3. The fourth-order valence-electron chi connectivity index (χ4n) is 1.31. The quantitative estimate of drug-likeness (QED) is 0.662. The molecule has 0 radical (unpaired) electrons. The Morgan fingerprint density at radius 3 is 2.57 bits per heavy atom. The largest absolute Gasteiger partial charge is 0.506 e. The van der Waals surface area contributed by atoms with Crippen molar-refractivity contribution in [3.63, 3.8) is 0 Å². The normalized spacial score (nSPS) is 14.4. The second kappa shape index (κ2) is 2.96. The smallest absolute Gasteiger partial charge is 0.235 e. The standard InChI is InChI=1S/C10H5ClO3/c11-9-6(12)3-1-5-2-4-7(13)10(14)8(5)9/h1-4,12H. The van der Waals surface area contributed by atoms with Crippen molar-refractivity contribution in [2.45, 2.75) is 0 Å². The summed E-state index contributed by atoms with van der Waals surface area (Å²) < 4.78 is 0. The van der Waals surface area contributed by atoms with E-state index < -0.39 is 11.6 Å². The van der Waals surface area contributed by atoms with Gasteiger partial charge in [-0.05, 0) is 17.7 Å². The lowest BCUT2D eigenvalue weighted by Crippen LogP contribution is -2.16. The summed E-state index contributed by atoms with van der Waals surface area (Å²) in [6, 6.07) is 2.92. The third kappa shape index (κ3) is 1.14. The first-order chi connectivity index (χ1) is 6.61. The van der Waals surface area contributed by atoms with Gasteiger partial charge in [0, 0.05) is 0 Å². The molecular weight excluding hydrogens is 204 g/mol. The summed E-state index contributed by atoms with van der Waals surface area (Å²) in [4.78, 5) is 22.4. The molecule has 0 saturated carbocycles. The molecule has 1 aliphatic rings. The number of phenols is 1. The van der Waals surface area contributed by atoms with Gasteiger partial charge in [-0.15, -0.1) is 0 Å². The maximum absolute atomic E-state index is 11.4. The van der Waals surface area contributed by atoms with E-state index in [1.807, 2.05) is 0 Å². The number of carbonyl (C=O) groups is 2. The van der Waals surface area contributed by atoms with Gasteiger partial charge in [0.2, 0.25) is 11.6 Å². The molecule has 3 nitrogen and oxygen atoms in total. The highest BCUT2D eigenvalue weighted by atomic mass is 35.5. The zero-order valence-electron chi connectivity index (χ0n) is 6.95. The van der Waals surface area contributed by atoms with Crippen LogP contribution in [-0.2, 0) is 4.79 Å². The number of ketones is 2. The number of hydrogen-bond donors (Lipinski definition) is 1. The van der Waals surface area contributed by atoms with Gasteiger partial charge < -0.3 is 5.11 Å². The molecular formula is C10H5ClO3. The Morgan fingerprint density at radius 1 is 1.14 bits per heavy atom. The Kier molecular flexibility index (Phi) is 1.89. The maximum atomic E-state index is 11.4. The summed E-state index contributed by atoms with van der Waals surface area (Å²) in [5.74, 6) is -1.49. The Labute approximate surface area is 84.6 Å². The maximum Gasteiger partial charge on any atom is 0.235 e. The van der Waals surface area contributed by atoms with Crippen molar-refractivity contribution in [1.29, 1.82) is 0 Å². The molecule has 70 valence electrons. The van der Waals surface area contributed by atoms with E-state index in [9.17, 15) is 14.7 Å². The number of hydrogen-bond acceptors (Lipinski definition) is 3. The number of Topliss-reactive ketones (excluding diaryl/α,β-unsaturated/α-hetero) is 1. The van der Waals surface area contributed by atoms with Crippen LogP contribution in [0.3, 0.4) is 0 Å². The molecule has 0 amide bonds. The van der Waals surface area contributed by atoms with E-state index in [2.05, 4.69) is 0 Å². The Balaban J connectivity index is 2.77. The molecule has 0 bridgehead atoms. The van der Waals surface area contributed by atoms with Crippen LogP contribution in [0.5, 0.6) is 5.75 Å². The second-order valence-corrected chi connectivity index (χ2v) is 3.27. The molecule has 0 aromatic heterocycles. The fraction of sp³-hybridized carbons (Fsp3) is 0. The number of fused-ring (bicyclic) bond motifs is 1. The first kappa shape index (κ1) is 8.97. The fourth-order valence-corrected chi connectivity index (χ4v) is 1.57. The van der Waals surface area contributed by atoms with Crippen LogP contribution in [0.1, 0.15) is 15.9 Å². The summed E-state index contributed by atoms with van der Waals surface area (Å²) in [6.45, 7) is 0. The predicted octanol–water partition coefficient (Wildman–Crippen LogP) is 1.82. The van der Waals surface area contributed by atoms with E-state index in [0.717, 1.165) is 0 Å². The van der Waals surface area contributed by atoms with Gasteiger partial charge in [-0.3, -0.25) is 9.59 Å². The average Bonchev–Trinajstić information content (AvgIpc) is 2.17. The first-order valence-corrected chi connectivity index (χ1v) is 4.27. The molecule has 0 atom stereocenters. The van der Waals surface area contributed by atoms with Crippen LogP contribution in [0.2, 0.25) is 5.02 Å². The number of benzene rings is 1. The summed E-state index contributed by atoms with van der Waals surface area (Å²) in [6.07, 6.45) is 2.70. The first-order valence-electron chi connectivity index (χ1n) is 3.89. The highest BCUT2D eigenvalue weighted by Crippen LogP contribution is 2.32. The van der Waals surface area contributed by atoms with E-state index in [4.69, 9.17) is 11.6 Å². The monoisotopic (exact) mass is 208 g/mol. The summed E-state index contributed by atoms with van der Waals surface area (Å²) >= 11 is 5.71. The molecule has 0 spiro atoms. The molecule has 1 aromatic rings. The Bertz CT molecular complexity index is 475. The predicted molar refractivity (Wildman–Crippen MR) is 51.5 cm³/mol. The average molecular weight is 209 g/mol. The number of carbonyl (C=O) groups excluding carboxylic acids is 2. The molecule has 2 rings (SSSR count). The molecule has 4 heteroatoms. The minimum absolute atomic E-state index is 0.0646. The van der Waals surface area contributed by atoms with Crippen LogP contribution in [0, 0.1) is 0 Å². The number of halogens is 1. The molecule has 1 aromatic carbocycles. The number of aromatic hydroxyl groups is 1. The van der Waals surface area contributed by atoms with Crippen LogP contribution < -0.4 is 0 Å². The van der Waals surface area contributed by atoms with Crippen molar-refractivity contribution in [1.82, 2.24) is 0 Å². The lowest BCUT2D eigenvalue weighted by atomic mass is 9.95. The van der Waals surface area contributed by atoms with Gasteiger partial charge in [-0.2, -0.15) is 0 Å². The lowest BCUT2D eigenvalue weighted by Gasteiger charge is -2.10. The number of phenolic OH excluding ortho intramolecular Hbond substituents is 1. The minimum Gasteiger partial charge on any atom is -0.506 e. The molecule has 0 aliphatic heterocycles. The van der Waals surface area contributed by atoms with Crippen LogP contribution in [-0.4, -0.2) is 16.7 Å². The van der Waals surface area contributed by atoms with Gasteiger partial charge in [0.25, 0.3) is 0 Å². The molecule has 14 heavy (non-hydrogen) atoms. The molecule has 1 aliphatic carbocycles. The van der Waals surface area contributed by atoms with Crippen molar-refractivity contribution < 1.29 is 14.7 Å². The SMILES string of the molecule is O=C1C=Cc2ccc(O)c(Cl)c2C1=O. The van der Waals surface area contributed by atoms with Crippen molar-refractivity contribution in [2.24, 2.45) is 0 Å². The molecule has 0 fully saturated rings. The van der Waals surface area contributed by atoms with E-state index in [1.54, 1.807) is 0 Å². The van der Waals surface area contributed by atoms with E-state index in [0.29, 0.717) is 5.56 Å². The zero-order valence-corrected chi connectivity index (χ0v) is 7.71. The van der Waals surface area contributed by atoms with Crippen molar-refractivity contribution in [2.75, 3.05) is 0 Å². The van der Waals surface area contributed by atoms with Crippen molar-refractivity contribution in [3.8, 4) is 5.75 Å². The summed E-state index contributed by atoms with van der Waals surface area (Å²) in [5, 5.41) is 9.20. The van der Waals surface area contributed by atoms with Crippen molar-refractivity contribution in [3.05, 3.63) is 34.4 Å². The van der Waals surface area contributed by atoms with E-state index >= 15 is 0 Å². The van der Waals surface area contributed by atoms with Gasteiger partial charge in [0.05, 0.1) is 10.6 Å². The summed E-state index contributed by atoms with van der Waals surface area (Å²) in [5.41, 5.74) is 0.636. The van der Waals surface area contributed by atoms with Crippen LogP contribution >= 0.6 is 11.6 Å². The number of rotatable bonds is 0. The van der Waals surface area contributed by atoms with Gasteiger partial charge in [-0.25, -0.2) is 0 Å². The Morgan fingerprint density at radius 2 is 1.86 bits per heavy atom. The van der Waals surface area contributed by atoms with Crippen molar-refractivity contribution >= 4 is 29.2 Å². The second-order valence-electron chi connectivity index (χ2n) is 2.89. The van der Waals surface area contributed by atoms with Gasteiger partial charge in [-0.1, -0.05) is 23.7 Å². The number of allylic oxidation sites excluding steroid dienone is 1. The van der Waals surface area contributed by atoms with Gasteiger partial charge in [0.1, 0.15) is 5.75 Å². The molecule has 1 N–H and O–H groups in total. The topological polar surface area (TPSA) is 54.4 Å². The van der Waals surface area contributed by atoms with Crippen LogP contribution in [0.15, 0.2) is 18.2 Å². The third-order valence-electron chi connectivity index (χ3n) is 2.02. The Hall–Kier alpha value is -1.61. The minimum atomic E-state index is -0.677. The highest BCUT2D eigenvalue weighted by Gasteiger charge is 2.24. The van der Waals surface area contributed by atoms with Gasteiger partial charge in [0.15, 0.2) is 0 Å². The van der Waals surface area contributed by atoms with Crippen LogP contribution in [0.4, 0.5) is 0 Å². The molecule has 0 heterocycles. The highest BCUT2D eigenvalue weighted by molar-refractivity contribution is 6.53. The molecule has 0 saturated heterocycles. The molecule has 0 unspecified atom stereocenters.